The van der Waals surface area contributed by atoms with Crippen molar-refractivity contribution in [1.82, 2.24) is 14.5 Å². The van der Waals surface area contributed by atoms with Crippen LogP contribution >= 0.6 is 0 Å². The minimum Gasteiger partial charge on any atom is -0.322 e. The molecule has 2 heterocycles. The van der Waals surface area contributed by atoms with Crippen LogP contribution in [-0.4, -0.2) is 36.5 Å². The van der Waals surface area contributed by atoms with Crippen LogP contribution in [-0.2, 0) is 10.0 Å². The first-order valence-corrected chi connectivity index (χ1v) is 11.0. The van der Waals surface area contributed by atoms with Crippen molar-refractivity contribution < 1.29 is 13.2 Å². The van der Waals surface area contributed by atoms with E-state index < -0.39 is 10.0 Å². The maximum Gasteiger partial charge on any atom is 0.262 e. The van der Waals surface area contributed by atoms with E-state index in [1.54, 1.807) is 23.0 Å². The van der Waals surface area contributed by atoms with E-state index in [1.165, 1.54) is 18.3 Å². The highest BCUT2D eigenvalue weighted by Gasteiger charge is 2.19. The summed E-state index contributed by atoms with van der Waals surface area (Å²) in [6.07, 6.45) is 4.56. The van der Waals surface area contributed by atoms with Gasteiger partial charge in [-0.05, 0) is 43.2 Å². The number of carbonyl (C=O) groups excluding carboxylic acids is 1. The van der Waals surface area contributed by atoms with Crippen molar-refractivity contribution >= 4 is 27.5 Å². The number of benzene rings is 2. The molecule has 1 aromatic heterocycles. The summed E-state index contributed by atoms with van der Waals surface area (Å²) in [5.41, 5.74) is 2.65. The lowest BCUT2D eigenvalue weighted by atomic mass is 10.2. The average Bonchev–Trinajstić information content (AvgIpc) is 3.40. The molecule has 8 nitrogen and oxygen atoms in total. The predicted molar refractivity (Wildman–Crippen MR) is 115 cm³/mol. The molecule has 0 atom stereocenters. The minimum absolute atomic E-state index is 0.0607. The van der Waals surface area contributed by atoms with Crippen molar-refractivity contribution in [2.45, 2.75) is 24.7 Å². The molecular formula is C21H21N5O3S. The SMILES string of the molecule is Cc1ccccc1-n1cc(C(=O)Nc2cccc(S(=O)(=O)NC3=NCCC3)c2)cn1. The molecule has 2 N–H and O–H groups in total. The van der Waals surface area contributed by atoms with Crippen LogP contribution in [0.3, 0.4) is 0 Å². The third-order valence-electron chi connectivity index (χ3n) is 4.74. The lowest BCUT2D eigenvalue weighted by Crippen LogP contribution is -2.29. The number of aromatic nitrogens is 2. The third kappa shape index (κ3) is 4.25. The van der Waals surface area contributed by atoms with Gasteiger partial charge in [0.1, 0.15) is 5.84 Å². The number of aliphatic imine (C=N–C) groups is 1. The van der Waals surface area contributed by atoms with Gasteiger partial charge in [0.2, 0.25) is 0 Å². The normalized spacial score (nSPS) is 13.7. The highest BCUT2D eigenvalue weighted by atomic mass is 32.2. The summed E-state index contributed by atoms with van der Waals surface area (Å²) in [5, 5.41) is 6.99. The zero-order valence-electron chi connectivity index (χ0n) is 16.4. The van der Waals surface area contributed by atoms with Gasteiger partial charge in [0, 0.05) is 24.8 Å². The summed E-state index contributed by atoms with van der Waals surface area (Å²) in [6, 6.07) is 13.8. The number of nitrogens with one attached hydrogen (secondary N) is 2. The zero-order valence-corrected chi connectivity index (χ0v) is 17.2. The van der Waals surface area contributed by atoms with E-state index in [1.807, 2.05) is 31.2 Å². The molecule has 0 unspecified atom stereocenters. The van der Waals surface area contributed by atoms with Gasteiger partial charge in [0.15, 0.2) is 0 Å². The van der Waals surface area contributed by atoms with Crippen molar-refractivity contribution in [3.05, 3.63) is 72.1 Å². The highest BCUT2D eigenvalue weighted by Crippen LogP contribution is 2.18. The Morgan fingerprint density at radius 3 is 2.73 bits per heavy atom. The number of carbonyl (C=O) groups is 1. The van der Waals surface area contributed by atoms with Crippen LogP contribution in [0, 0.1) is 6.92 Å². The summed E-state index contributed by atoms with van der Waals surface area (Å²) in [7, 11) is -3.75. The first kappa shape index (κ1) is 19.8. The molecule has 2 aromatic carbocycles. The van der Waals surface area contributed by atoms with E-state index in [0.717, 1.165) is 17.7 Å². The Morgan fingerprint density at radius 1 is 1.13 bits per heavy atom. The van der Waals surface area contributed by atoms with Gasteiger partial charge in [-0.15, -0.1) is 0 Å². The second-order valence-corrected chi connectivity index (χ2v) is 8.66. The zero-order chi connectivity index (χ0) is 21.1. The van der Waals surface area contributed by atoms with Crippen LogP contribution in [0.1, 0.15) is 28.8 Å². The fraction of sp³-hybridized carbons (Fsp3) is 0.190. The number of aryl methyl sites for hydroxylation is 1. The average molecular weight is 423 g/mol. The van der Waals surface area contributed by atoms with Gasteiger partial charge in [0.25, 0.3) is 15.9 Å². The van der Waals surface area contributed by atoms with E-state index in [-0.39, 0.29) is 10.8 Å². The topological polar surface area (TPSA) is 105 Å². The lowest BCUT2D eigenvalue weighted by molar-refractivity contribution is 0.102. The Labute approximate surface area is 174 Å². The summed E-state index contributed by atoms with van der Waals surface area (Å²) < 4.78 is 29.3. The van der Waals surface area contributed by atoms with E-state index >= 15 is 0 Å². The van der Waals surface area contributed by atoms with Gasteiger partial charge in [0.05, 0.1) is 22.3 Å². The quantitative estimate of drug-likeness (QED) is 0.658. The van der Waals surface area contributed by atoms with Gasteiger partial charge >= 0.3 is 0 Å². The van der Waals surface area contributed by atoms with Crippen molar-refractivity contribution in [2.75, 3.05) is 11.9 Å². The molecular weight excluding hydrogens is 402 g/mol. The Bertz CT molecular complexity index is 1230. The fourth-order valence-corrected chi connectivity index (χ4v) is 4.31. The van der Waals surface area contributed by atoms with Crippen molar-refractivity contribution in [2.24, 2.45) is 4.99 Å². The molecule has 0 aliphatic carbocycles. The predicted octanol–water partition coefficient (Wildman–Crippen LogP) is 2.90. The number of sulfonamides is 1. The number of nitrogens with zero attached hydrogens (tertiary/aromatic N) is 3. The molecule has 3 aromatic rings. The summed E-state index contributed by atoms with van der Waals surface area (Å²) in [4.78, 5) is 16.8. The van der Waals surface area contributed by atoms with Crippen molar-refractivity contribution in [3.8, 4) is 5.69 Å². The molecule has 9 heteroatoms. The molecule has 0 saturated carbocycles. The van der Waals surface area contributed by atoms with E-state index in [9.17, 15) is 13.2 Å². The Morgan fingerprint density at radius 2 is 1.97 bits per heavy atom. The van der Waals surface area contributed by atoms with Gasteiger partial charge in [-0.2, -0.15) is 5.10 Å². The number of anilines is 1. The first-order valence-electron chi connectivity index (χ1n) is 9.51. The van der Waals surface area contributed by atoms with Gasteiger partial charge in [-0.1, -0.05) is 24.3 Å². The second kappa shape index (κ2) is 8.11. The molecule has 30 heavy (non-hydrogen) atoms. The Balaban J connectivity index is 1.50. The lowest BCUT2D eigenvalue weighted by Gasteiger charge is -2.09. The first-order chi connectivity index (χ1) is 14.4. The summed E-state index contributed by atoms with van der Waals surface area (Å²) in [5.74, 6) is 0.0885. The minimum atomic E-state index is -3.75. The number of hydrogen-bond acceptors (Lipinski definition) is 5. The Hall–Kier alpha value is -3.46. The van der Waals surface area contributed by atoms with Gasteiger partial charge < -0.3 is 5.32 Å². The molecule has 0 bridgehead atoms. The molecule has 0 fully saturated rings. The number of rotatable bonds is 5. The molecule has 0 radical (unpaired) electrons. The molecule has 4 rings (SSSR count). The smallest absolute Gasteiger partial charge is 0.262 e. The monoisotopic (exact) mass is 423 g/mol. The molecule has 0 saturated heterocycles. The van der Waals surface area contributed by atoms with E-state index in [2.05, 4.69) is 20.1 Å². The molecule has 0 spiro atoms. The fourth-order valence-electron chi connectivity index (χ4n) is 3.17. The Kier molecular flexibility index (Phi) is 5.37. The number of amides is 1. The standard InChI is InChI=1S/C21H21N5O3S/c1-15-6-2-3-9-19(15)26-14-16(13-23-26)21(27)24-17-7-4-8-18(12-17)30(28,29)25-20-10-5-11-22-20/h2-4,6-9,12-14H,5,10-11H2,1H3,(H,22,25)(H,24,27). The largest absolute Gasteiger partial charge is 0.322 e. The third-order valence-corrected chi connectivity index (χ3v) is 6.11. The number of hydrogen-bond donors (Lipinski definition) is 2. The maximum atomic E-state index is 12.6. The van der Waals surface area contributed by atoms with Crippen LogP contribution < -0.4 is 10.0 Å². The highest BCUT2D eigenvalue weighted by molar-refractivity contribution is 7.90. The van der Waals surface area contributed by atoms with Gasteiger partial charge in [-0.3, -0.25) is 14.5 Å². The van der Waals surface area contributed by atoms with Crippen LogP contribution in [0.4, 0.5) is 5.69 Å². The van der Waals surface area contributed by atoms with E-state index in [0.29, 0.717) is 30.1 Å². The summed E-state index contributed by atoms with van der Waals surface area (Å²) >= 11 is 0. The van der Waals surface area contributed by atoms with Crippen LogP contribution in [0.2, 0.25) is 0 Å². The maximum absolute atomic E-state index is 12.6. The second-order valence-electron chi connectivity index (χ2n) is 6.98. The van der Waals surface area contributed by atoms with Crippen LogP contribution in [0.25, 0.3) is 5.69 Å². The van der Waals surface area contributed by atoms with Gasteiger partial charge in [-0.25, -0.2) is 13.1 Å². The number of para-hydroxylation sites is 1. The number of amidine groups is 1. The van der Waals surface area contributed by atoms with Crippen LogP contribution in [0.15, 0.2) is 70.8 Å². The molecule has 1 amide bonds. The molecule has 154 valence electrons. The van der Waals surface area contributed by atoms with Crippen molar-refractivity contribution in [3.63, 3.8) is 0 Å². The van der Waals surface area contributed by atoms with E-state index in [4.69, 9.17) is 0 Å². The van der Waals surface area contributed by atoms with Crippen molar-refractivity contribution in [1.29, 1.82) is 0 Å². The van der Waals surface area contributed by atoms with Crippen LogP contribution in [0.5, 0.6) is 0 Å². The molecule has 1 aliphatic rings. The molecule has 1 aliphatic heterocycles. The summed E-state index contributed by atoms with van der Waals surface area (Å²) in [6.45, 7) is 2.60.